The first kappa shape index (κ1) is 13.9. The molecular weight excluding hydrogens is 254 g/mol. The van der Waals surface area contributed by atoms with Crippen LogP contribution in [0.15, 0.2) is 42.5 Å². The lowest BCUT2D eigenvalue weighted by Crippen LogP contribution is -2.13. The summed E-state index contributed by atoms with van der Waals surface area (Å²) in [6, 6.07) is 12.6. The second-order valence-electron chi connectivity index (χ2n) is 4.33. The van der Waals surface area contributed by atoms with Gasteiger partial charge in [0.2, 0.25) is 0 Å². The number of para-hydroxylation sites is 1. The summed E-state index contributed by atoms with van der Waals surface area (Å²) in [6.45, 7) is 1.92. The minimum absolute atomic E-state index is 0.180. The van der Waals surface area contributed by atoms with Crippen LogP contribution < -0.4 is 14.8 Å². The largest absolute Gasteiger partial charge is 0.497 e. The molecule has 1 N–H and O–H groups in total. The Morgan fingerprint density at radius 2 is 1.70 bits per heavy atom. The zero-order valence-corrected chi connectivity index (χ0v) is 11.8. The van der Waals surface area contributed by atoms with Crippen molar-refractivity contribution in [2.24, 2.45) is 0 Å². The Morgan fingerprint density at radius 3 is 2.30 bits per heavy atom. The molecule has 4 heteroatoms. The van der Waals surface area contributed by atoms with Crippen LogP contribution in [0, 0.1) is 6.92 Å². The van der Waals surface area contributed by atoms with E-state index in [9.17, 15) is 4.79 Å². The van der Waals surface area contributed by atoms with Gasteiger partial charge in [-0.15, -0.1) is 0 Å². The summed E-state index contributed by atoms with van der Waals surface area (Å²) in [7, 11) is 3.17. The monoisotopic (exact) mass is 271 g/mol. The fourth-order valence-corrected chi connectivity index (χ4v) is 1.90. The number of nitrogens with one attached hydrogen (secondary N) is 1. The molecule has 2 rings (SSSR count). The lowest BCUT2D eigenvalue weighted by molar-refractivity contribution is 0.102. The molecule has 0 aromatic heterocycles. The Labute approximate surface area is 118 Å². The van der Waals surface area contributed by atoms with E-state index in [1.807, 2.05) is 25.1 Å². The van der Waals surface area contributed by atoms with Crippen molar-refractivity contribution in [2.75, 3.05) is 19.5 Å². The second-order valence-corrected chi connectivity index (χ2v) is 4.33. The van der Waals surface area contributed by atoms with Crippen molar-refractivity contribution < 1.29 is 14.3 Å². The highest BCUT2D eigenvalue weighted by atomic mass is 16.5. The fourth-order valence-electron chi connectivity index (χ4n) is 1.90. The number of anilines is 1. The maximum absolute atomic E-state index is 12.2. The number of methoxy groups -OCH3 is 2. The zero-order valence-electron chi connectivity index (χ0n) is 11.8. The molecule has 2 aromatic carbocycles. The first-order valence-electron chi connectivity index (χ1n) is 6.24. The van der Waals surface area contributed by atoms with Crippen molar-refractivity contribution >= 4 is 11.6 Å². The molecule has 0 spiro atoms. The van der Waals surface area contributed by atoms with Crippen molar-refractivity contribution in [2.45, 2.75) is 6.92 Å². The molecule has 0 atom stereocenters. The number of aryl methyl sites for hydroxylation is 1. The molecule has 0 saturated carbocycles. The van der Waals surface area contributed by atoms with E-state index in [-0.39, 0.29) is 5.91 Å². The molecule has 0 aliphatic carbocycles. The first-order valence-corrected chi connectivity index (χ1v) is 6.24. The average molecular weight is 271 g/mol. The Hall–Kier alpha value is -2.49. The minimum Gasteiger partial charge on any atom is -0.497 e. The third-order valence-electron chi connectivity index (χ3n) is 3.05. The lowest BCUT2D eigenvalue weighted by Gasteiger charge is -2.13. The highest BCUT2D eigenvalue weighted by molar-refractivity contribution is 6.05. The standard InChI is InChI=1S/C16H17NO3/c1-11-5-4-6-14(20-3)15(11)17-16(18)12-7-9-13(19-2)10-8-12/h4-10H,1-3H3,(H,17,18). The van der Waals surface area contributed by atoms with E-state index < -0.39 is 0 Å². The normalized spacial score (nSPS) is 9.95. The minimum atomic E-state index is -0.180. The average Bonchev–Trinajstić information content (AvgIpc) is 2.49. The summed E-state index contributed by atoms with van der Waals surface area (Å²) in [5, 5.41) is 2.88. The van der Waals surface area contributed by atoms with Crippen molar-refractivity contribution in [3.8, 4) is 11.5 Å². The molecule has 2 aromatic rings. The molecule has 4 nitrogen and oxygen atoms in total. The number of carbonyl (C=O) groups excluding carboxylic acids is 1. The first-order chi connectivity index (χ1) is 9.65. The predicted octanol–water partition coefficient (Wildman–Crippen LogP) is 3.26. The van der Waals surface area contributed by atoms with Crippen molar-refractivity contribution in [3.63, 3.8) is 0 Å². The van der Waals surface area contributed by atoms with E-state index in [0.717, 1.165) is 11.3 Å². The van der Waals surface area contributed by atoms with Crippen molar-refractivity contribution in [1.29, 1.82) is 0 Å². The van der Waals surface area contributed by atoms with E-state index in [1.165, 1.54) is 0 Å². The van der Waals surface area contributed by atoms with Crippen LogP contribution in [0.25, 0.3) is 0 Å². The van der Waals surface area contributed by atoms with Crippen LogP contribution in [-0.2, 0) is 0 Å². The molecule has 0 unspecified atom stereocenters. The van der Waals surface area contributed by atoms with E-state index in [0.29, 0.717) is 17.0 Å². The van der Waals surface area contributed by atoms with Crippen molar-refractivity contribution in [3.05, 3.63) is 53.6 Å². The Kier molecular flexibility index (Phi) is 4.25. The molecular formula is C16H17NO3. The second kappa shape index (κ2) is 6.10. The fraction of sp³-hybridized carbons (Fsp3) is 0.188. The Morgan fingerprint density at radius 1 is 1.00 bits per heavy atom. The molecule has 1 amide bonds. The van der Waals surface area contributed by atoms with Crippen LogP contribution >= 0.6 is 0 Å². The molecule has 104 valence electrons. The summed E-state index contributed by atoms with van der Waals surface area (Å²) in [5.41, 5.74) is 2.21. The molecule has 0 bridgehead atoms. The number of benzene rings is 2. The van der Waals surface area contributed by atoms with Gasteiger partial charge in [-0.3, -0.25) is 4.79 Å². The summed E-state index contributed by atoms with van der Waals surface area (Å²) >= 11 is 0. The molecule has 0 aliphatic rings. The van der Waals surface area contributed by atoms with E-state index >= 15 is 0 Å². The van der Waals surface area contributed by atoms with Gasteiger partial charge in [-0.05, 0) is 42.8 Å². The number of carbonyl (C=O) groups is 1. The van der Waals surface area contributed by atoms with Gasteiger partial charge in [0, 0.05) is 5.56 Å². The van der Waals surface area contributed by atoms with Gasteiger partial charge in [0.05, 0.1) is 19.9 Å². The van der Waals surface area contributed by atoms with E-state index in [1.54, 1.807) is 38.5 Å². The van der Waals surface area contributed by atoms with Gasteiger partial charge in [0.25, 0.3) is 5.91 Å². The topological polar surface area (TPSA) is 47.6 Å². The van der Waals surface area contributed by atoms with Gasteiger partial charge in [-0.25, -0.2) is 0 Å². The molecule has 0 saturated heterocycles. The molecule has 20 heavy (non-hydrogen) atoms. The third-order valence-corrected chi connectivity index (χ3v) is 3.05. The van der Waals surface area contributed by atoms with Gasteiger partial charge in [-0.1, -0.05) is 12.1 Å². The van der Waals surface area contributed by atoms with Gasteiger partial charge in [0.15, 0.2) is 0 Å². The van der Waals surface area contributed by atoms with Crippen LogP contribution in [0.5, 0.6) is 11.5 Å². The Balaban J connectivity index is 2.23. The quantitative estimate of drug-likeness (QED) is 0.928. The molecule has 0 radical (unpaired) electrons. The van der Waals surface area contributed by atoms with Crippen LogP contribution in [-0.4, -0.2) is 20.1 Å². The summed E-state index contributed by atoms with van der Waals surface area (Å²) in [4.78, 5) is 12.2. The highest BCUT2D eigenvalue weighted by Gasteiger charge is 2.11. The van der Waals surface area contributed by atoms with Crippen LogP contribution in [0.3, 0.4) is 0 Å². The summed E-state index contributed by atoms with van der Waals surface area (Å²) < 4.78 is 10.3. The number of rotatable bonds is 4. The SMILES string of the molecule is COc1ccc(C(=O)Nc2c(C)cccc2OC)cc1. The van der Waals surface area contributed by atoms with E-state index in [2.05, 4.69) is 5.32 Å². The summed E-state index contributed by atoms with van der Waals surface area (Å²) in [5.74, 6) is 1.18. The lowest BCUT2D eigenvalue weighted by atomic mass is 10.1. The predicted molar refractivity (Wildman–Crippen MR) is 78.7 cm³/mol. The molecule has 0 fully saturated rings. The zero-order chi connectivity index (χ0) is 14.5. The molecule has 0 heterocycles. The third kappa shape index (κ3) is 2.91. The smallest absolute Gasteiger partial charge is 0.255 e. The Bertz CT molecular complexity index is 606. The van der Waals surface area contributed by atoms with E-state index in [4.69, 9.17) is 9.47 Å². The van der Waals surface area contributed by atoms with Crippen molar-refractivity contribution in [1.82, 2.24) is 0 Å². The maximum atomic E-state index is 12.2. The highest BCUT2D eigenvalue weighted by Crippen LogP contribution is 2.28. The van der Waals surface area contributed by atoms with Crippen LogP contribution in [0.2, 0.25) is 0 Å². The molecule has 0 aliphatic heterocycles. The van der Waals surface area contributed by atoms with Gasteiger partial charge < -0.3 is 14.8 Å². The van der Waals surface area contributed by atoms with Crippen LogP contribution in [0.4, 0.5) is 5.69 Å². The maximum Gasteiger partial charge on any atom is 0.255 e. The summed E-state index contributed by atoms with van der Waals surface area (Å²) in [6.07, 6.45) is 0. The number of amides is 1. The van der Waals surface area contributed by atoms with Crippen LogP contribution in [0.1, 0.15) is 15.9 Å². The van der Waals surface area contributed by atoms with Gasteiger partial charge >= 0.3 is 0 Å². The number of hydrogen-bond donors (Lipinski definition) is 1. The van der Waals surface area contributed by atoms with Gasteiger partial charge in [-0.2, -0.15) is 0 Å². The number of ether oxygens (including phenoxy) is 2. The number of hydrogen-bond acceptors (Lipinski definition) is 3. The van der Waals surface area contributed by atoms with Gasteiger partial charge in [0.1, 0.15) is 11.5 Å².